The summed E-state index contributed by atoms with van der Waals surface area (Å²) in [5.74, 6) is -0.935. The number of fused-ring (bicyclic) bond motifs is 3. The Hall–Kier alpha value is -4.98. The Balaban J connectivity index is 1.50. The van der Waals surface area contributed by atoms with Gasteiger partial charge in [-0.15, -0.1) is 0 Å². The van der Waals surface area contributed by atoms with Gasteiger partial charge in [0.2, 0.25) is 0 Å². The summed E-state index contributed by atoms with van der Waals surface area (Å²) in [4.78, 5) is 54.2. The van der Waals surface area contributed by atoms with Crippen molar-refractivity contribution in [2.75, 3.05) is 5.32 Å². The van der Waals surface area contributed by atoms with Gasteiger partial charge >= 0.3 is 11.7 Å². The Kier molecular flexibility index (Phi) is 5.05. The predicted octanol–water partition coefficient (Wildman–Crippen LogP) is 3.77. The summed E-state index contributed by atoms with van der Waals surface area (Å²) in [6.45, 7) is 1.93. The van der Waals surface area contributed by atoms with Gasteiger partial charge in [-0.25, -0.2) is 9.59 Å². The summed E-state index contributed by atoms with van der Waals surface area (Å²) >= 11 is 0. The number of hydrogen-bond acceptors (Lipinski definition) is 6. The Bertz CT molecular complexity index is 1780. The molecule has 0 radical (unpaired) electrons. The molecule has 1 aliphatic heterocycles. The molecule has 6 rings (SSSR count). The van der Waals surface area contributed by atoms with Crippen LogP contribution in [0.25, 0.3) is 5.70 Å². The number of aryl methyl sites for hydroxylation is 1. The maximum absolute atomic E-state index is 13.6. The second kappa shape index (κ2) is 8.30. The average molecular weight is 492 g/mol. The number of ketones is 1. The van der Waals surface area contributed by atoms with Crippen LogP contribution in [0.5, 0.6) is 5.75 Å². The first-order chi connectivity index (χ1) is 17.8. The number of ether oxygens (including phenoxy) is 1. The Morgan fingerprint density at radius 3 is 2.41 bits per heavy atom. The molecule has 0 unspecified atom stereocenters. The van der Waals surface area contributed by atoms with Gasteiger partial charge in [0.05, 0.1) is 16.8 Å². The zero-order valence-corrected chi connectivity index (χ0v) is 20.0. The van der Waals surface area contributed by atoms with Crippen LogP contribution in [0.3, 0.4) is 0 Å². The number of nitrogens with one attached hydrogen (secondary N) is 2. The molecule has 1 aromatic heterocycles. The van der Waals surface area contributed by atoms with Gasteiger partial charge in [0.25, 0.3) is 5.56 Å². The number of aromatic nitrogens is 2. The molecule has 0 saturated carbocycles. The van der Waals surface area contributed by atoms with E-state index in [0.717, 1.165) is 5.56 Å². The molecule has 182 valence electrons. The smallest absolute Gasteiger partial charge is 0.343 e. The molecule has 4 aromatic rings. The highest BCUT2D eigenvalue weighted by atomic mass is 16.5. The van der Waals surface area contributed by atoms with Crippen molar-refractivity contribution in [3.05, 3.63) is 133 Å². The van der Waals surface area contributed by atoms with Crippen molar-refractivity contribution < 1.29 is 14.3 Å². The van der Waals surface area contributed by atoms with E-state index in [2.05, 4.69) is 10.3 Å². The Morgan fingerprint density at radius 1 is 0.919 bits per heavy atom. The number of rotatable bonds is 3. The van der Waals surface area contributed by atoms with Crippen LogP contribution in [0.4, 0.5) is 5.82 Å². The third kappa shape index (κ3) is 3.53. The summed E-state index contributed by atoms with van der Waals surface area (Å²) in [5, 5.41) is 3.18. The maximum Gasteiger partial charge on any atom is 0.343 e. The zero-order valence-electron chi connectivity index (χ0n) is 20.0. The van der Waals surface area contributed by atoms with Crippen molar-refractivity contribution >= 4 is 23.3 Å². The molecule has 2 aliphatic rings. The second-order valence-electron chi connectivity index (χ2n) is 9.13. The largest absolute Gasteiger partial charge is 0.423 e. The lowest BCUT2D eigenvalue weighted by Crippen LogP contribution is -2.37. The third-order valence-corrected chi connectivity index (χ3v) is 6.83. The molecule has 0 bridgehead atoms. The van der Waals surface area contributed by atoms with Crippen molar-refractivity contribution in [2.45, 2.75) is 12.8 Å². The van der Waals surface area contributed by atoms with Gasteiger partial charge in [-0.3, -0.25) is 19.1 Å². The number of carbonyl (C=O) groups excluding carboxylic acids is 2. The van der Waals surface area contributed by atoms with Crippen LogP contribution in [-0.2, 0) is 7.05 Å². The summed E-state index contributed by atoms with van der Waals surface area (Å²) in [6.07, 6.45) is 0. The first-order valence-corrected chi connectivity index (χ1v) is 11.7. The summed E-state index contributed by atoms with van der Waals surface area (Å²) in [7, 11) is 1.55. The summed E-state index contributed by atoms with van der Waals surface area (Å²) in [5.41, 5.74) is 3.26. The number of aromatic amines is 1. The van der Waals surface area contributed by atoms with E-state index < -0.39 is 23.1 Å². The average Bonchev–Trinajstić information content (AvgIpc) is 3.18. The first kappa shape index (κ1) is 22.5. The molecule has 3 aromatic carbocycles. The lowest BCUT2D eigenvalue weighted by atomic mass is 9.81. The van der Waals surface area contributed by atoms with Crippen LogP contribution in [0.1, 0.15) is 48.9 Å². The molecule has 0 amide bonds. The highest BCUT2D eigenvalue weighted by Crippen LogP contribution is 2.48. The van der Waals surface area contributed by atoms with Gasteiger partial charge in [-0.05, 0) is 36.8 Å². The van der Waals surface area contributed by atoms with Crippen LogP contribution in [0.15, 0.2) is 88.0 Å². The zero-order chi connectivity index (χ0) is 25.8. The molecule has 37 heavy (non-hydrogen) atoms. The SMILES string of the molecule is Cc1ccc(C(=O)Oc2cccc([C@H]3C4=C(Nc5c3c(=O)[nH]c(=O)n5C)c3ccccc3C4=O)c2)cc1. The molecule has 2 N–H and O–H groups in total. The number of carbonyl (C=O) groups is 2. The summed E-state index contributed by atoms with van der Waals surface area (Å²) in [6, 6.07) is 21.0. The topological polar surface area (TPSA) is 110 Å². The number of Topliss-reactive ketones (excluding diaryl/α,β-unsaturated/α-hetero) is 1. The minimum absolute atomic E-state index is 0.205. The fourth-order valence-corrected chi connectivity index (χ4v) is 4.98. The molecule has 0 fully saturated rings. The van der Waals surface area contributed by atoms with Gasteiger partial charge < -0.3 is 10.1 Å². The molecular formula is C29H21N3O5. The van der Waals surface area contributed by atoms with Crippen molar-refractivity contribution in [2.24, 2.45) is 7.05 Å². The quantitative estimate of drug-likeness (QED) is 0.334. The molecule has 0 saturated heterocycles. The first-order valence-electron chi connectivity index (χ1n) is 11.7. The van der Waals surface area contributed by atoms with E-state index in [1.165, 1.54) is 4.57 Å². The minimum atomic E-state index is -0.792. The monoisotopic (exact) mass is 491 g/mol. The van der Waals surface area contributed by atoms with Crippen molar-refractivity contribution in [3.8, 4) is 5.75 Å². The number of H-pyrrole nitrogens is 1. The van der Waals surface area contributed by atoms with Crippen LogP contribution >= 0.6 is 0 Å². The Morgan fingerprint density at radius 2 is 1.65 bits per heavy atom. The van der Waals surface area contributed by atoms with E-state index in [9.17, 15) is 19.2 Å². The van der Waals surface area contributed by atoms with E-state index in [4.69, 9.17) is 4.74 Å². The van der Waals surface area contributed by atoms with Crippen molar-refractivity contribution in [1.82, 2.24) is 9.55 Å². The fourth-order valence-electron chi connectivity index (χ4n) is 4.98. The number of nitrogens with zero attached hydrogens (tertiary/aromatic N) is 1. The molecular weight excluding hydrogens is 470 g/mol. The molecule has 1 atom stereocenters. The molecule has 8 heteroatoms. The maximum atomic E-state index is 13.6. The van der Waals surface area contributed by atoms with Gasteiger partial charge in [0.15, 0.2) is 5.78 Å². The minimum Gasteiger partial charge on any atom is -0.423 e. The molecule has 1 aliphatic carbocycles. The van der Waals surface area contributed by atoms with Crippen LogP contribution in [0, 0.1) is 6.92 Å². The van der Waals surface area contributed by atoms with Crippen LogP contribution in [0.2, 0.25) is 0 Å². The van der Waals surface area contributed by atoms with E-state index in [0.29, 0.717) is 39.3 Å². The predicted molar refractivity (Wildman–Crippen MR) is 138 cm³/mol. The molecule has 2 heterocycles. The van der Waals surface area contributed by atoms with E-state index in [-0.39, 0.29) is 17.1 Å². The number of esters is 1. The van der Waals surface area contributed by atoms with E-state index in [1.807, 2.05) is 31.2 Å². The number of allylic oxidation sites excluding steroid dienone is 1. The Labute approximate surface area is 210 Å². The fraction of sp³-hybridized carbons (Fsp3) is 0.103. The highest BCUT2D eigenvalue weighted by Gasteiger charge is 2.42. The van der Waals surface area contributed by atoms with Crippen molar-refractivity contribution in [3.63, 3.8) is 0 Å². The van der Waals surface area contributed by atoms with E-state index >= 15 is 0 Å². The number of benzene rings is 3. The van der Waals surface area contributed by atoms with Crippen LogP contribution in [-0.4, -0.2) is 21.3 Å². The lowest BCUT2D eigenvalue weighted by Gasteiger charge is -2.29. The molecule has 8 nitrogen and oxygen atoms in total. The standard InChI is InChI=1S/C29H21N3O5/c1-15-10-12-16(13-11-15)28(35)37-18-7-5-6-17(14-18)21-22-24(19-8-3-4-9-20(19)25(22)33)30-26-23(21)27(34)31-29(36)32(26)2/h3-14,21,30H,1-2H3,(H,31,34,36)/t21-/m0/s1. The van der Waals surface area contributed by atoms with Crippen molar-refractivity contribution in [1.29, 1.82) is 0 Å². The third-order valence-electron chi connectivity index (χ3n) is 6.83. The van der Waals surface area contributed by atoms with Gasteiger partial charge in [0, 0.05) is 29.7 Å². The lowest BCUT2D eigenvalue weighted by molar-refractivity contribution is 0.0734. The van der Waals surface area contributed by atoms with Gasteiger partial charge in [0.1, 0.15) is 11.6 Å². The van der Waals surface area contributed by atoms with Gasteiger partial charge in [-0.1, -0.05) is 54.1 Å². The van der Waals surface area contributed by atoms with Gasteiger partial charge in [-0.2, -0.15) is 0 Å². The number of anilines is 1. The number of hydrogen-bond donors (Lipinski definition) is 2. The highest BCUT2D eigenvalue weighted by molar-refractivity contribution is 6.23. The van der Waals surface area contributed by atoms with E-state index in [1.54, 1.807) is 55.6 Å². The van der Waals surface area contributed by atoms with Crippen LogP contribution < -0.4 is 21.3 Å². The normalized spacial score (nSPS) is 15.5. The second-order valence-corrected chi connectivity index (χ2v) is 9.13. The summed E-state index contributed by atoms with van der Waals surface area (Å²) < 4.78 is 6.96. The molecule has 0 spiro atoms.